The normalized spacial score (nSPS) is 19.1. The highest BCUT2D eigenvalue weighted by molar-refractivity contribution is 6.00. The first-order valence-corrected chi connectivity index (χ1v) is 19.2. The average Bonchev–Trinajstić information content (AvgIpc) is 3.94. The van der Waals surface area contributed by atoms with E-state index in [0.29, 0.717) is 23.9 Å². The van der Waals surface area contributed by atoms with E-state index in [1.165, 1.54) is 15.2 Å². The van der Waals surface area contributed by atoms with E-state index in [9.17, 15) is 18.8 Å². The number of imide groups is 1. The van der Waals surface area contributed by atoms with E-state index in [0.717, 1.165) is 91.9 Å². The highest BCUT2D eigenvalue weighted by Gasteiger charge is 2.31. The van der Waals surface area contributed by atoms with Crippen LogP contribution in [0.5, 0.6) is 0 Å². The van der Waals surface area contributed by atoms with Gasteiger partial charge in [0.1, 0.15) is 29.2 Å². The summed E-state index contributed by atoms with van der Waals surface area (Å²) in [6.07, 6.45) is 4.97. The number of carbonyl (C=O) groups excluding carboxylic acids is 2. The largest absolute Gasteiger partial charge is 0.354 e. The standard InChI is InChI=1S/C42H41FN10O3/c1-48-35-25-28(13-14-33(35)52(42(48)56)34-15-18-40(54)46-41(34)55)7-2-3-19-49-21-23-50(24-22-49)38-12-5-10-31(45-38)36-27-44-37-16-17-39(47-53(36)37)51-20-6-11-32(51)29-8-4-9-30(43)26-29/h4-5,8-10,12-14,16-17,25-27,32,34H,3,6,11,15,18-24H2,1H3,(H,46,54,55)/t32-,34?/m1/s1. The van der Waals surface area contributed by atoms with Gasteiger partial charge < -0.3 is 9.80 Å². The number of amides is 2. The zero-order valence-corrected chi connectivity index (χ0v) is 31.1. The summed E-state index contributed by atoms with van der Waals surface area (Å²) in [6.45, 7) is 5.14. The number of hydrogen-bond donors (Lipinski definition) is 1. The number of imidazole rings is 2. The van der Waals surface area contributed by atoms with Crippen molar-refractivity contribution in [2.75, 3.05) is 49.1 Å². The molecule has 284 valence electrons. The number of aromatic nitrogens is 6. The molecular weight excluding hydrogens is 712 g/mol. The molecule has 3 aliphatic rings. The minimum Gasteiger partial charge on any atom is -0.354 e. The first kappa shape index (κ1) is 35.4. The van der Waals surface area contributed by atoms with E-state index in [-0.39, 0.29) is 29.9 Å². The Morgan fingerprint density at radius 1 is 0.875 bits per heavy atom. The molecule has 14 heteroatoms. The molecule has 2 atom stereocenters. The van der Waals surface area contributed by atoms with E-state index < -0.39 is 11.9 Å². The molecule has 0 bridgehead atoms. The van der Waals surface area contributed by atoms with Crippen LogP contribution in [-0.2, 0) is 16.6 Å². The minimum atomic E-state index is -0.714. The van der Waals surface area contributed by atoms with E-state index in [4.69, 9.17) is 10.1 Å². The number of piperazine rings is 1. The maximum absolute atomic E-state index is 14.1. The van der Waals surface area contributed by atoms with Crippen LogP contribution in [0.15, 0.2) is 83.8 Å². The van der Waals surface area contributed by atoms with Gasteiger partial charge in [-0.2, -0.15) is 0 Å². The van der Waals surface area contributed by atoms with Crippen LogP contribution in [0.4, 0.5) is 16.0 Å². The maximum atomic E-state index is 14.1. The zero-order valence-electron chi connectivity index (χ0n) is 31.1. The molecule has 0 radical (unpaired) electrons. The lowest BCUT2D eigenvalue weighted by Gasteiger charge is -2.35. The van der Waals surface area contributed by atoms with Crippen LogP contribution in [0.3, 0.4) is 0 Å². The second-order valence-electron chi connectivity index (χ2n) is 14.7. The lowest BCUT2D eigenvalue weighted by molar-refractivity contribution is -0.135. The number of carbonyl (C=O) groups is 2. The summed E-state index contributed by atoms with van der Waals surface area (Å²) in [5.41, 5.74) is 5.16. The number of benzene rings is 2. The van der Waals surface area contributed by atoms with Crippen molar-refractivity contribution in [3.63, 3.8) is 0 Å². The van der Waals surface area contributed by atoms with Crippen LogP contribution >= 0.6 is 0 Å². The molecular formula is C42H41FN10O3. The zero-order chi connectivity index (χ0) is 38.3. The molecule has 56 heavy (non-hydrogen) atoms. The Hall–Kier alpha value is -6.33. The second kappa shape index (κ2) is 14.7. The average molecular weight is 753 g/mol. The van der Waals surface area contributed by atoms with Crippen molar-refractivity contribution in [1.29, 1.82) is 0 Å². The molecule has 3 fully saturated rings. The van der Waals surface area contributed by atoms with Crippen LogP contribution < -0.4 is 20.8 Å². The van der Waals surface area contributed by atoms with E-state index in [2.05, 4.69) is 36.8 Å². The monoisotopic (exact) mass is 752 g/mol. The summed E-state index contributed by atoms with van der Waals surface area (Å²) >= 11 is 0. The summed E-state index contributed by atoms with van der Waals surface area (Å²) in [7, 11) is 1.68. The first-order valence-electron chi connectivity index (χ1n) is 19.2. The van der Waals surface area contributed by atoms with Gasteiger partial charge in [-0.3, -0.25) is 28.9 Å². The Bertz CT molecular complexity index is 2610. The third-order valence-corrected chi connectivity index (χ3v) is 11.2. The van der Waals surface area contributed by atoms with E-state index in [1.807, 2.05) is 65.3 Å². The molecule has 13 nitrogen and oxygen atoms in total. The fraction of sp³-hybridized carbons (Fsp3) is 0.333. The smallest absolute Gasteiger partial charge is 0.329 e. The molecule has 6 aromatic rings. The second-order valence-corrected chi connectivity index (χ2v) is 14.7. The number of anilines is 2. The van der Waals surface area contributed by atoms with Gasteiger partial charge in [-0.1, -0.05) is 30.0 Å². The van der Waals surface area contributed by atoms with Crippen LogP contribution in [0.2, 0.25) is 0 Å². The van der Waals surface area contributed by atoms with Crippen molar-refractivity contribution in [1.82, 2.24) is 38.9 Å². The maximum Gasteiger partial charge on any atom is 0.329 e. The van der Waals surface area contributed by atoms with Crippen molar-refractivity contribution in [2.24, 2.45) is 7.05 Å². The van der Waals surface area contributed by atoms with E-state index in [1.54, 1.807) is 19.2 Å². The lowest BCUT2D eigenvalue weighted by atomic mass is 10.0. The van der Waals surface area contributed by atoms with Gasteiger partial charge in [-0.15, -0.1) is 5.10 Å². The van der Waals surface area contributed by atoms with Crippen LogP contribution in [0, 0.1) is 17.7 Å². The van der Waals surface area contributed by atoms with Crippen LogP contribution in [-0.4, -0.2) is 84.7 Å². The Kier molecular flexibility index (Phi) is 9.30. The fourth-order valence-electron chi connectivity index (χ4n) is 8.28. The van der Waals surface area contributed by atoms with Gasteiger partial charge >= 0.3 is 5.69 Å². The van der Waals surface area contributed by atoms with Gasteiger partial charge in [-0.25, -0.2) is 23.7 Å². The minimum absolute atomic E-state index is 0.0662. The van der Waals surface area contributed by atoms with Crippen molar-refractivity contribution >= 4 is 40.1 Å². The summed E-state index contributed by atoms with van der Waals surface area (Å²) in [6, 6.07) is 21.8. The SMILES string of the molecule is Cn1c(=O)n(C2CCC(=O)NC2=O)c2ccc(C#CCCN3CCN(c4cccc(-c5cnc6ccc(N7CCC[C@@H]7c7cccc(F)c7)nn56)n4)CC3)cc21. The number of aryl methyl sites for hydroxylation is 1. The van der Waals surface area contributed by atoms with Gasteiger partial charge in [0.05, 0.1) is 29.0 Å². The quantitative estimate of drug-likeness (QED) is 0.186. The fourth-order valence-corrected chi connectivity index (χ4v) is 8.28. The molecule has 2 amide bonds. The Morgan fingerprint density at radius 2 is 1.73 bits per heavy atom. The summed E-state index contributed by atoms with van der Waals surface area (Å²) < 4.78 is 19.0. The van der Waals surface area contributed by atoms with Crippen LogP contribution in [0.25, 0.3) is 28.1 Å². The van der Waals surface area contributed by atoms with Crippen LogP contribution in [0.1, 0.15) is 55.3 Å². The van der Waals surface area contributed by atoms with Crippen molar-refractivity contribution in [2.45, 2.75) is 44.2 Å². The Balaban J connectivity index is 0.831. The van der Waals surface area contributed by atoms with Gasteiger partial charge in [0, 0.05) is 64.7 Å². The van der Waals surface area contributed by atoms with Gasteiger partial charge in [0.2, 0.25) is 11.8 Å². The number of pyridine rings is 1. The van der Waals surface area contributed by atoms with E-state index >= 15 is 0 Å². The molecule has 2 aromatic carbocycles. The number of halogens is 1. The van der Waals surface area contributed by atoms with Crippen molar-refractivity contribution < 1.29 is 14.0 Å². The number of fused-ring (bicyclic) bond motifs is 2. The van der Waals surface area contributed by atoms with Gasteiger partial charge in [0.25, 0.3) is 0 Å². The highest BCUT2D eigenvalue weighted by Crippen LogP contribution is 2.36. The number of piperidine rings is 1. The molecule has 7 heterocycles. The predicted molar refractivity (Wildman–Crippen MR) is 211 cm³/mol. The summed E-state index contributed by atoms with van der Waals surface area (Å²) in [5, 5.41) is 7.37. The first-order chi connectivity index (χ1) is 27.3. The van der Waals surface area contributed by atoms with Gasteiger partial charge in [-0.05, 0) is 79.4 Å². The number of nitrogens with one attached hydrogen (secondary N) is 1. The molecule has 1 N–H and O–H groups in total. The molecule has 3 saturated heterocycles. The molecule has 9 rings (SSSR count). The van der Waals surface area contributed by atoms with Gasteiger partial charge in [0.15, 0.2) is 5.65 Å². The summed E-state index contributed by atoms with van der Waals surface area (Å²) in [5.74, 6) is 7.30. The third-order valence-electron chi connectivity index (χ3n) is 11.2. The number of rotatable bonds is 7. The number of nitrogens with zero attached hydrogens (tertiary/aromatic N) is 9. The Labute approximate surface area is 322 Å². The van der Waals surface area contributed by atoms with Crippen molar-refractivity contribution in [3.8, 4) is 23.2 Å². The molecule has 0 aliphatic carbocycles. The highest BCUT2D eigenvalue weighted by atomic mass is 19.1. The van der Waals surface area contributed by atoms with Crippen molar-refractivity contribution in [3.05, 3.63) is 106 Å². The molecule has 0 spiro atoms. The Morgan fingerprint density at radius 3 is 2.57 bits per heavy atom. The topological polar surface area (TPSA) is 126 Å². The molecule has 1 unspecified atom stereocenters. The number of hydrogen-bond acceptors (Lipinski definition) is 9. The molecule has 3 aliphatic heterocycles. The summed E-state index contributed by atoms with van der Waals surface area (Å²) in [4.78, 5) is 53.9. The molecule has 0 saturated carbocycles. The molecule has 4 aromatic heterocycles. The predicted octanol–water partition coefficient (Wildman–Crippen LogP) is 4.47. The lowest BCUT2D eigenvalue weighted by Crippen LogP contribution is -2.46. The third kappa shape index (κ3) is 6.68.